The number of benzene rings is 1. The van der Waals surface area contributed by atoms with E-state index in [9.17, 15) is 14.4 Å². The first kappa shape index (κ1) is 19.0. The highest BCUT2D eigenvalue weighted by atomic mass is 16.6. The van der Waals surface area contributed by atoms with Crippen LogP contribution in [-0.4, -0.2) is 49.2 Å². The summed E-state index contributed by atoms with van der Waals surface area (Å²) in [6.07, 6.45) is 2.41. The smallest absolute Gasteiger partial charge is 0.303 e. The molecule has 1 aromatic rings. The molecule has 0 saturated carbocycles. The topological polar surface area (TPSA) is 105 Å². The SMILES string of the molecule is O=C(O)CCCCCNC(=O)C1CC(=O)N(c2ccc3c(c2)OCCO3)C1. The monoisotopic (exact) mass is 376 g/mol. The number of aliphatic carboxylic acids is 1. The zero-order chi connectivity index (χ0) is 19.2. The van der Waals surface area contributed by atoms with Crippen LogP contribution in [0.1, 0.15) is 32.1 Å². The molecule has 2 aliphatic heterocycles. The number of carbonyl (C=O) groups excluding carboxylic acids is 2. The number of nitrogens with one attached hydrogen (secondary N) is 1. The van der Waals surface area contributed by atoms with E-state index in [-0.39, 0.29) is 30.6 Å². The number of carboxylic acid groups (broad SMARTS) is 1. The minimum atomic E-state index is -0.803. The number of unbranched alkanes of at least 4 members (excludes halogenated alkanes) is 2. The van der Waals surface area contributed by atoms with Gasteiger partial charge in [-0.25, -0.2) is 0 Å². The van der Waals surface area contributed by atoms with E-state index in [1.54, 1.807) is 23.1 Å². The van der Waals surface area contributed by atoms with Crippen molar-refractivity contribution in [2.75, 3.05) is 31.2 Å². The average molecular weight is 376 g/mol. The number of carboxylic acids is 1. The molecule has 0 aliphatic carbocycles. The van der Waals surface area contributed by atoms with Gasteiger partial charge in [0.05, 0.1) is 5.92 Å². The lowest BCUT2D eigenvalue weighted by Gasteiger charge is -2.22. The number of anilines is 1. The van der Waals surface area contributed by atoms with Gasteiger partial charge < -0.3 is 24.8 Å². The van der Waals surface area contributed by atoms with Gasteiger partial charge in [0, 0.05) is 37.7 Å². The Bertz CT molecular complexity index is 720. The van der Waals surface area contributed by atoms with Crippen molar-refractivity contribution in [3.8, 4) is 11.5 Å². The summed E-state index contributed by atoms with van der Waals surface area (Å²) in [7, 11) is 0. The van der Waals surface area contributed by atoms with E-state index in [0.29, 0.717) is 49.9 Å². The predicted molar refractivity (Wildman–Crippen MR) is 97.0 cm³/mol. The minimum absolute atomic E-state index is 0.0896. The van der Waals surface area contributed by atoms with Crippen molar-refractivity contribution in [1.82, 2.24) is 5.32 Å². The Hall–Kier alpha value is -2.77. The maximum Gasteiger partial charge on any atom is 0.303 e. The van der Waals surface area contributed by atoms with E-state index in [4.69, 9.17) is 14.6 Å². The van der Waals surface area contributed by atoms with Crippen LogP contribution in [0.5, 0.6) is 11.5 Å². The van der Waals surface area contributed by atoms with E-state index >= 15 is 0 Å². The second-order valence-corrected chi connectivity index (χ2v) is 6.73. The summed E-state index contributed by atoms with van der Waals surface area (Å²) in [6, 6.07) is 5.35. The van der Waals surface area contributed by atoms with Gasteiger partial charge in [0.1, 0.15) is 13.2 Å². The second kappa shape index (κ2) is 8.75. The maximum absolute atomic E-state index is 12.4. The number of nitrogens with zero attached hydrogens (tertiary/aromatic N) is 1. The molecule has 1 aromatic carbocycles. The highest BCUT2D eigenvalue weighted by Crippen LogP contribution is 2.35. The second-order valence-electron chi connectivity index (χ2n) is 6.73. The lowest BCUT2D eigenvalue weighted by atomic mass is 10.1. The van der Waals surface area contributed by atoms with Crippen molar-refractivity contribution in [3.63, 3.8) is 0 Å². The number of hydrogen-bond donors (Lipinski definition) is 2. The molecule has 3 rings (SSSR count). The van der Waals surface area contributed by atoms with Crippen LogP contribution in [-0.2, 0) is 14.4 Å². The number of amides is 2. The zero-order valence-electron chi connectivity index (χ0n) is 15.1. The molecule has 2 amide bonds. The summed E-state index contributed by atoms with van der Waals surface area (Å²) in [6.45, 7) is 1.81. The molecule has 0 spiro atoms. The van der Waals surface area contributed by atoms with Gasteiger partial charge in [-0.1, -0.05) is 6.42 Å². The number of rotatable bonds is 8. The fourth-order valence-corrected chi connectivity index (χ4v) is 3.27. The van der Waals surface area contributed by atoms with Crippen LogP contribution in [0.25, 0.3) is 0 Å². The molecule has 1 atom stereocenters. The molecule has 2 heterocycles. The molecule has 1 unspecified atom stereocenters. The number of hydrogen-bond acceptors (Lipinski definition) is 5. The maximum atomic E-state index is 12.4. The van der Waals surface area contributed by atoms with E-state index in [0.717, 1.165) is 12.8 Å². The molecule has 2 aliphatic rings. The first-order chi connectivity index (χ1) is 13.0. The zero-order valence-corrected chi connectivity index (χ0v) is 15.1. The van der Waals surface area contributed by atoms with Crippen LogP contribution in [0.4, 0.5) is 5.69 Å². The van der Waals surface area contributed by atoms with Crippen molar-refractivity contribution in [2.24, 2.45) is 5.92 Å². The van der Waals surface area contributed by atoms with Gasteiger partial charge >= 0.3 is 5.97 Å². The van der Waals surface area contributed by atoms with Gasteiger partial charge in [-0.2, -0.15) is 0 Å². The molecule has 0 aromatic heterocycles. The van der Waals surface area contributed by atoms with E-state index in [2.05, 4.69) is 5.32 Å². The fourth-order valence-electron chi connectivity index (χ4n) is 3.27. The lowest BCUT2D eigenvalue weighted by molar-refractivity contribution is -0.137. The van der Waals surface area contributed by atoms with Gasteiger partial charge in [-0.05, 0) is 25.0 Å². The average Bonchev–Trinajstić information content (AvgIpc) is 3.05. The van der Waals surface area contributed by atoms with Crippen molar-refractivity contribution in [2.45, 2.75) is 32.1 Å². The fraction of sp³-hybridized carbons (Fsp3) is 0.526. The van der Waals surface area contributed by atoms with E-state index in [1.165, 1.54) is 0 Å². The molecule has 0 bridgehead atoms. The predicted octanol–water partition coefficient (Wildman–Crippen LogP) is 1.57. The quantitative estimate of drug-likeness (QED) is 0.667. The van der Waals surface area contributed by atoms with Gasteiger partial charge in [-0.3, -0.25) is 14.4 Å². The third kappa shape index (κ3) is 4.90. The highest BCUT2D eigenvalue weighted by molar-refractivity contribution is 6.00. The Morgan fingerprint density at radius 1 is 1.15 bits per heavy atom. The molecular formula is C19H24N2O6. The normalized spacial score (nSPS) is 18.4. The molecule has 146 valence electrons. The standard InChI is InChI=1S/C19H24N2O6/c22-17-10-13(19(25)20-7-3-1-2-4-18(23)24)12-21(17)14-5-6-15-16(11-14)27-9-8-26-15/h5-6,11,13H,1-4,7-10,12H2,(H,20,25)(H,23,24). The summed E-state index contributed by atoms with van der Waals surface area (Å²) in [5.74, 6) is -0.142. The Kier molecular flexibility index (Phi) is 6.16. The molecule has 0 radical (unpaired) electrons. The number of ether oxygens (including phenoxy) is 2. The van der Waals surface area contributed by atoms with Crippen molar-refractivity contribution >= 4 is 23.5 Å². The van der Waals surface area contributed by atoms with Crippen LogP contribution < -0.4 is 19.7 Å². The van der Waals surface area contributed by atoms with E-state index in [1.807, 2.05) is 0 Å². The molecular weight excluding hydrogens is 352 g/mol. The van der Waals surface area contributed by atoms with Gasteiger partial charge in [0.15, 0.2) is 11.5 Å². The van der Waals surface area contributed by atoms with Crippen LogP contribution in [0, 0.1) is 5.92 Å². The molecule has 1 saturated heterocycles. The van der Waals surface area contributed by atoms with Crippen LogP contribution in [0.15, 0.2) is 18.2 Å². The summed E-state index contributed by atoms with van der Waals surface area (Å²) in [5, 5.41) is 11.4. The van der Waals surface area contributed by atoms with Crippen LogP contribution in [0.2, 0.25) is 0 Å². The summed E-state index contributed by atoms with van der Waals surface area (Å²) in [5.41, 5.74) is 0.702. The van der Waals surface area contributed by atoms with Gasteiger partial charge in [0.25, 0.3) is 0 Å². The largest absolute Gasteiger partial charge is 0.486 e. The third-order valence-electron chi connectivity index (χ3n) is 4.70. The summed E-state index contributed by atoms with van der Waals surface area (Å²) >= 11 is 0. The third-order valence-corrected chi connectivity index (χ3v) is 4.70. The van der Waals surface area contributed by atoms with E-state index < -0.39 is 5.97 Å². The minimum Gasteiger partial charge on any atom is -0.486 e. The van der Waals surface area contributed by atoms with Crippen molar-refractivity contribution in [3.05, 3.63) is 18.2 Å². The van der Waals surface area contributed by atoms with Crippen molar-refractivity contribution < 1.29 is 29.0 Å². The summed E-state index contributed by atoms with van der Waals surface area (Å²) in [4.78, 5) is 36.7. The van der Waals surface area contributed by atoms with Crippen molar-refractivity contribution in [1.29, 1.82) is 0 Å². The molecule has 2 N–H and O–H groups in total. The molecule has 27 heavy (non-hydrogen) atoms. The number of fused-ring (bicyclic) bond motifs is 1. The highest BCUT2D eigenvalue weighted by Gasteiger charge is 2.35. The molecule has 1 fully saturated rings. The lowest BCUT2D eigenvalue weighted by Crippen LogP contribution is -2.33. The Labute approximate surface area is 157 Å². The van der Waals surface area contributed by atoms with Gasteiger partial charge in [0.2, 0.25) is 11.8 Å². The van der Waals surface area contributed by atoms with Crippen LogP contribution in [0.3, 0.4) is 0 Å². The Morgan fingerprint density at radius 2 is 1.93 bits per heavy atom. The molecule has 8 heteroatoms. The first-order valence-electron chi connectivity index (χ1n) is 9.24. The van der Waals surface area contributed by atoms with Crippen LogP contribution >= 0.6 is 0 Å². The summed E-state index contributed by atoms with van der Waals surface area (Å²) < 4.78 is 11.0. The number of carbonyl (C=O) groups is 3. The Balaban J connectivity index is 1.48. The molecule has 8 nitrogen and oxygen atoms in total. The van der Waals surface area contributed by atoms with Gasteiger partial charge in [-0.15, -0.1) is 0 Å². The Morgan fingerprint density at radius 3 is 2.70 bits per heavy atom. The first-order valence-corrected chi connectivity index (χ1v) is 9.24.